The summed E-state index contributed by atoms with van der Waals surface area (Å²) < 4.78 is 5.08. The van der Waals surface area contributed by atoms with Crippen molar-refractivity contribution in [2.24, 2.45) is 0 Å². The van der Waals surface area contributed by atoms with Crippen LogP contribution in [0.3, 0.4) is 0 Å². The van der Waals surface area contributed by atoms with Crippen molar-refractivity contribution >= 4 is 12.0 Å². The van der Waals surface area contributed by atoms with E-state index in [1.807, 2.05) is 31.7 Å². The second-order valence-electron chi connectivity index (χ2n) is 7.28. The van der Waals surface area contributed by atoms with E-state index in [1.165, 1.54) is 0 Å². The molecule has 0 aliphatic carbocycles. The summed E-state index contributed by atoms with van der Waals surface area (Å²) in [7, 11) is 0. The van der Waals surface area contributed by atoms with Crippen molar-refractivity contribution in [3.63, 3.8) is 0 Å². The highest BCUT2D eigenvalue weighted by atomic mass is 16.6. The monoisotopic (exact) mass is 362 g/mol. The highest BCUT2D eigenvalue weighted by Crippen LogP contribution is 2.21. The van der Waals surface area contributed by atoms with Gasteiger partial charge in [0.05, 0.1) is 6.61 Å². The molecule has 1 aromatic heterocycles. The van der Waals surface area contributed by atoms with Gasteiger partial charge in [-0.05, 0) is 45.2 Å². The highest BCUT2D eigenvalue weighted by Gasteiger charge is 2.32. The Morgan fingerprint density at radius 1 is 1.15 bits per heavy atom. The molecule has 2 aliphatic rings. The Labute approximate surface area is 155 Å². The minimum atomic E-state index is -0.217. The van der Waals surface area contributed by atoms with Gasteiger partial charge < -0.3 is 19.5 Å². The molecule has 0 aromatic carbocycles. The van der Waals surface area contributed by atoms with Crippen LogP contribution in [0, 0.1) is 13.8 Å². The number of hydrogen-bond donors (Lipinski definition) is 1. The molecule has 0 saturated carbocycles. The van der Waals surface area contributed by atoms with Gasteiger partial charge in [0.15, 0.2) is 0 Å². The van der Waals surface area contributed by atoms with Crippen LogP contribution in [0.5, 0.6) is 0 Å². The third-order valence-corrected chi connectivity index (χ3v) is 5.40. The van der Waals surface area contributed by atoms with E-state index in [-0.39, 0.29) is 12.0 Å². The summed E-state index contributed by atoms with van der Waals surface area (Å²) >= 11 is 0. The van der Waals surface area contributed by atoms with E-state index in [0.29, 0.717) is 25.7 Å². The van der Waals surface area contributed by atoms with Crippen molar-refractivity contribution in [1.82, 2.24) is 19.7 Å². The van der Waals surface area contributed by atoms with E-state index >= 15 is 0 Å². The summed E-state index contributed by atoms with van der Waals surface area (Å²) in [6.07, 6.45) is 1.91. The van der Waals surface area contributed by atoms with Gasteiger partial charge in [0.1, 0.15) is 5.69 Å². The number of aromatic amines is 1. The number of amides is 2. The summed E-state index contributed by atoms with van der Waals surface area (Å²) in [4.78, 5) is 34.1. The molecule has 144 valence electrons. The molecule has 0 bridgehead atoms. The molecule has 7 heteroatoms. The van der Waals surface area contributed by atoms with Gasteiger partial charge in [-0.3, -0.25) is 9.69 Å². The number of carbonyl (C=O) groups excluding carboxylic acids is 2. The molecule has 0 radical (unpaired) electrons. The van der Waals surface area contributed by atoms with Gasteiger partial charge in [0.2, 0.25) is 0 Å². The lowest BCUT2D eigenvalue weighted by molar-refractivity contribution is 0.0375. The van der Waals surface area contributed by atoms with E-state index in [4.69, 9.17) is 4.74 Å². The third kappa shape index (κ3) is 4.03. The highest BCUT2D eigenvalue weighted by molar-refractivity contribution is 5.94. The molecule has 1 atom stereocenters. The Bertz CT molecular complexity index is 649. The van der Waals surface area contributed by atoms with Crippen LogP contribution in [0.4, 0.5) is 4.79 Å². The molecule has 2 amide bonds. The number of piperidine rings is 1. The topological polar surface area (TPSA) is 68.9 Å². The first-order chi connectivity index (χ1) is 12.5. The molecule has 7 nitrogen and oxygen atoms in total. The van der Waals surface area contributed by atoms with Gasteiger partial charge in [-0.15, -0.1) is 0 Å². The van der Waals surface area contributed by atoms with Gasteiger partial charge in [-0.2, -0.15) is 0 Å². The first kappa shape index (κ1) is 18.8. The first-order valence-corrected chi connectivity index (χ1v) is 9.60. The minimum absolute atomic E-state index is 0.102. The molecule has 1 aromatic rings. The lowest BCUT2D eigenvalue weighted by atomic mass is 10.0. The quantitative estimate of drug-likeness (QED) is 0.893. The summed E-state index contributed by atoms with van der Waals surface area (Å²) in [6, 6.07) is 2.39. The van der Waals surface area contributed by atoms with E-state index in [2.05, 4.69) is 9.88 Å². The molecule has 2 aliphatic heterocycles. The minimum Gasteiger partial charge on any atom is -0.450 e. The Kier molecular flexibility index (Phi) is 5.86. The first-order valence-electron chi connectivity index (χ1n) is 9.60. The smallest absolute Gasteiger partial charge is 0.409 e. The SMILES string of the molecule is CCOC(=O)N1CCN(C2CCCN(C(=O)c3[nH]c(C)cc3C)C2)CC1. The van der Waals surface area contributed by atoms with Gasteiger partial charge in [-0.25, -0.2) is 4.79 Å². The molecular formula is C19H30N4O3. The second-order valence-corrected chi connectivity index (χ2v) is 7.28. The number of rotatable bonds is 3. The number of nitrogens with one attached hydrogen (secondary N) is 1. The lowest BCUT2D eigenvalue weighted by Gasteiger charge is -2.43. The normalized spacial score (nSPS) is 21.7. The zero-order valence-electron chi connectivity index (χ0n) is 16.1. The molecular weight excluding hydrogens is 332 g/mol. The number of aryl methyl sites for hydroxylation is 2. The number of nitrogens with zero attached hydrogens (tertiary/aromatic N) is 3. The molecule has 26 heavy (non-hydrogen) atoms. The number of hydrogen-bond acceptors (Lipinski definition) is 4. The molecule has 3 rings (SSSR count). The van der Waals surface area contributed by atoms with Crippen molar-refractivity contribution in [1.29, 1.82) is 0 Å². The molecule has 0 spiro atoms. The molecule has 2 fully saturated rings. The van der Waals surface area contributed by atoms with E-state index < -0.39 is 0 Å². The number of carbonyl (C=O) groups is 2. The largest absolute Gasteiger partial charge is 0.450 e. The van der Waals surface area contributed by atoms with E-state index in [9.17, 15) is 9.59 Å². The Morgan fingerprint density at radius 2 is 1.88 bits per heavy atom. The van der Waals surface area contributed by atoms with Crippen molar-refractivity contribution < 1.29 is 14.3 Å². The maximum atomic E-state index is 12.9. The maximum Gasteiger partial charge on any atom is 0.409 e. The maximum absolute atomic E-state index is 12.9. The summed E-state index contributed by atoms with van der Waals surface area (Å²) in [6.45, 7) is 10.8. The van der Waals surface area contributed by atoms with Crippen LogP contribution >= 0.6 is 0 Å². The average Bonchev–Trinajstić information content (AvgIpc) is 2.99. The Balaban J connectivity index is 1.57. The van der Waals surface area contributed by atoms with Crippen LogP contribution in [-0.2, 0) is 4.74 Å². The van der Waals surface area contributed by atoms with Gasteiger partial charge in [0.25, 0.3) is 5.91 Å². The Hall–Kier alpha value is -2.02. The van der Waals surface area contributed by atoms with Gasteiger partial charge in [-0.1, -0.05) is 0 Å². The predicted octanol–water partition coefficient (Wildman–Crippen LogP) is 2.01. The van der Waals surface area contributed by atoms with Crippen LogP contribution in [-0.4, -0.2) is 83.6 Å². The summed E-state index contributed by atoms with van der Waals surface area (Å²) in [5.74, 6) is 0.102. The summed E-state index contributed by atoms with van der Waals surface area (Å²) in [5, 5.41) is 0. The van der Waals surface area contributed by atoms with Gasteiger partial charge >= 0.3 is 6.09 Å². The van der Waals surface area contributed by atoms with Crippen LogP contribution in [0.15, 0.2) is 6.07 Å². The number of H-pyrrole nitrogens is 1. The van der Waals surface area contributed by atoms with Crippen LogP contribution in [0.2, 0.25) is 0 Å². The fourth-order valence-corrected chi connectivity index (χ4v) is 4.03. The number of ether oxygens (including phenoxy) is 1. The number of aromatic nitrogens is 1. The predicted molar refractivity (Wildman–Crippen MR) is 99.4 cm³/mol. The van der Waals surface area contributed by atoms with Gasteiger partial charge in [0, 0.05) is 51.0 Å². The molecule has 3 heterocycles. The zero-order chi connectivity index (χ0) is 18.7. The second kappa shape index (κ2) is 8.12. The number of likely N-dealkylation sites (tertiary alicyclic amines) is 1. The van der Waals surface area contributed by atoms with Crippen molar-refractivity contribution in [3.8, 4) is 0 Å². The molecule has 1 N–H and O–H groups in total. The standard InChI is InChI=1S/C19H30N4O3/c1-4-26-19(25)22-10-8-21(9-11-22)16-6-5-7-23(13-16)18(24)17-14(2)12-15(3)20-17/h12,16,20H,4-11,13H2,1-3H3. The fourth-order valence-electron chi connectivity index (χ4n) is 4.03. The van der Waals surface area contributed by atoms with Crippen molar-refractivity contribution in [2.75, 3.05) is 45.9 Å². The molecule has 1 unspecified atom stereocenters. The average molecular weight is 362 g/mol. The molecule has 2 saturated heterocycles. The van der Waals surface area contributed by atoms with Crippen LogP contribution < -0.4 is 0 Å². The fraction of sp³-hybridized carbons (Fsp3) is 0.684. The van der Waals surface area contributed by atoms with E-state index in [1.54, 1.807) is 4.90 Å². The zero-order valence-corrected chi connectivity index (χ0v) is 16.1. The third-order valence-electron chi connectivity index (χ3n) is 5.40. The van der Waals surface area contributed by atoms with Crippen LogP contribution in [0.25, 0.3) is 0 Å². The van der Waals surface area contributed by atoms with E-state index in [0.717, 1.165) is 56.0 Å². The Morgan fingerprint density at radius 3 is 2.50 bits per heavy atom. The van der Waals surface area contributed by atoms with Crippen LogP contribution in [0.1, 0.15) is 41.5 Å². The summed E-state index contributed by atoms with van der Waals surface area (Å²) in [5.41, 5.74) is 2.75. The lowest BCUT2D eigenvalue weighted by Crippen LogP contribution is -2.56. The number of piperazine rings is 1. The van der Waals surface area contributed by atoms with Crippen molar-refractivity contribution in [3.05, 3.63) is 23.0 Å². The van der Waals surface area contributed by atoms with Crippen molar-refractivity contribution in [2.45, 2.75) is 39.7 Å².